The maximum absolute atomic E-state index is 9.54. The van der Waals surface area contributed by atoms with Gasteiger partial charge in [0, 0.05) is 23.8 Å². The van der Waals surface area contributed by atoms with E-state index in [0.29, 0.717) is 0 Å². The van der Waals surface area contributed by atoms with Crippen LogP contribution in [-0.4, -0.2) is 21.5 Å². The largest absolute Gasteiger partial charge is 0.396 e. The first-order chi connectivity index (χ1) is 9.21. The fraction of sp³-hybridized carbons (Fsp3) is 0.400. The summed E-state index contributed by atoms with van der Waals surface area (Å²) in [5.41, 5.74) is 2.44. The minimum atomic E-state index is 0.198. The lowest BCUT2D eigenvalue weighted by Gasteiger charge is -2.13. The summed E-state index contributed by atoms with van der Waals surface area (Å²) in [4.78, 5) is 0. The van der Waals surface area contributed by atoms with Crippen LogP contribution >= 0.6 is 15.9 Å². The second kappa shape index (κ2) is 6.87. The molecule has 1 aromatic heterocycles. The highest BCUT2D eigenvalue weighted by Crippen LogP contribution is 2.17. The third-order valence-electron chi connectivity index (χ3n) is 3.21. The molecule has 0 aliphatic rings. The van der Waals surface area contributed by atoms with E-state index in [1.54, 1.807) is 0 Å². The van der Waals surface area contributed by atoms with Crippen LogP contribution in [0.3, 0.4) is 0 Å². The number of nitrogens with zero attached hydrogens (tertiary/aromatic N) is 2. The smallest absolute Gasteiger partial charge is 0.0521 e. The Bertz CT molecular complexity index is 524. The maximum Gasteiger partial charge on any atom is 0.0521 e. The first-order valence-corrected chi connectivity index (χ1v) is 7.37. The monoisotopic (exact) mass is 322 g/mol. The number of benzene rings is 1. The van der Waals surface area contributed by atoms with Gasteiger partial charge in [0.05, 0.1) is 6.20 Å². The molecule has 1 unspecified atom stereocenters. The Labute approximate surface area is 122 Å². The standard InChI is InChI=1S/C15H19BrN2O/c1-2-18-10-14(9-17-18)7-13(11-19)6-12-4-3-5-15(16)8-12/h3-5,8-10,13,19H,2,6-7,11H2,1H3. The number of aliphatic hydroxyl groups is 1. The summed E-state index contributed by atoms with van der Waals surface area (Å²) in [6.45, 7) is 3.15. The van der Waals surface area contributed by atoms with Gasteiger partial charge in [-0.1, -0.05) is 28.1 Å². The molecule has 2 aromatic rings. The van der Waals surface area contributed by atoms with E-state index >= 15 is 0 Å². The molecule has 0 spiro atoms. The Morgan fingerprint density at radius 1 is 1.32 bits per heavy atom. The van der Waals surface area contributed by atoms with Crippen LogP contribution in [0.25, 0.3) is 0 Å². The molecule has 3 nitrogen and oxygen atoms in total. The summed E-state index contributed by atoms with van der Waals surface area (Å²) in [6, 6.07) is 8.26. The van der Waals surface area contributed by atoms with Crippen LogP contribution in [0.2, 0.25) is 0 Å². The van der Waals surface area contributed by atoms with Gasteiger partial charge in [-0.25, -0.2) is 0 Å². The third-order valence-corrected chi connectivity index (χ3v) is 3.70. The van der Waals surface area contributed by atoms with Crippen molar-refractivity contribution in [1.29, 1.82) is 0 Å². The quantitative estimate of drug-likeness (QED) is 0.887. The molecule has 0 bridgehead atoms. The molecule has 0 amide bonds. The molecule has 2 rings (SSSR count). The van der Waals surface area contributed by atoms with Crippen LogP contribution in [0, 0.1) is 5.92 Å². The second-order valence-corrected chi connectivity index (χ2v) is 5.71. The van der Waals surface area contributed by atoms with Gasteiger partial charge in [-0.05, 0) is 48.9 Å². The fourth-order valence-electron chi connectivity index (χ4n) is 2.22. The zero-order chi connectivity index (χ0) is 13.7. The van der Waals surface area contributed by atoms with Crippen molar-refractivity contribution in [2.45, 2.75) is 26.3 Å². The Kier molecular flexibility index (Phi) is 5.16. The van der Waals surface area contributed by atoms with Crippen LogP contribution in [0.15, 0.2) is 41.1 Å². The predicted octanol–water partition coefficient (Wildman–Crippen LogP) is 3.06. The molecule has 102 valence electrons. The minimum absolute atomic E-state index is 0.198. The highest BCUT2D eigenvalue weighted by Gasteiger charge is 2.11. The predicted molar refractivity (Wildman–Crippen MR) is 80.0 cm³/mol. The van der Waals surface area contributed by atoms with Crippen LogP contribution in [0.5, 0.6) is 0 Å². The maximum atomic E-state index is 9.54. The van der Waals surface area contributed by atoms with Gasteiger partial charge in [0.2, 0.25) is 0 Å². The molecular formula is C15H19BrN2O. The van der Waals surface area contributed by atoms with Crippen molar-refractivity contribution in [2.75, 3.05) is 6.61 Å². The van der Waals surface area contributed by atoms with Crippen molar-refractivity contribution in [2.24, 2.45) is 5.92 Å². The van der Waals surface area contributed by atoms with Crippen molar-refractivity contribution in [3.63, 3.8) is 0 Å². The number of aryl methyl sites for hydroxylation is 1. The number of hydrogen-bond donors (Lipinski definition) is 1. The van der Waals surface area contributed by atoms with Crippen molar-refractivity contribution < 1.29 is 5.11 Å². The van der Waals surface area contributed by atoms with Gasteiger partial charge < -0.3 is 5.11 Å². The van der Waals surface area contributed by atoms with E-state index in [2.05, 4.69) is 46.3 Å². The lowest BCUT2D eigenvalue weighted by atomic mass is 9.94. The summed E-state index contributed by atoms with van der Waals surface area (Å²) in [5, 5.41) is 13.8. The lowest BCUT2D eigenvalue weighted by molar-refractivity contribution is 0.225. The molecule has 1 N–H and O–H groups in total. The van der Waals surface area contributed by atoms with Crippen LogP contribution in [0.1, 0.15) is 18.1 Å². The van der Waals surface area contributed by atoms with Gasteiger partial charge >= 0.3 is 0 Å². The Hall–Kier alpha value is -1.13. The van der Waals surface area contributed by atoms with Gasteiger partial charge in [0.25, 0.3) is 0 Å². The molecule has 19 heavy (non-hydrogen) atoms. The topological polar surface area (TPSA) is 38.0 Å². The van der Waals surface area contributed by atoms with E-state index in [4.69, 9.17) is 0 Å². The van der Waals surface area contributed by atoms with Crippen LogP contribution < -0.4 is 0 Å². The molecule has 1 heterocycles. The summed E-state index contributed by atoms with van der Waals surface area (Å²) in [7, 11) is 0. The van der Waals surface area contributed by atoms with E-state index < -0.39 is 0 Å². The Balaban J connectivity index is 2.00. The average Bonchev–Trinajstić information content (AvgIpc) is 2.85. The number of halogens is 1. The summed E-state index contributed by atoms with van der Waals surface area (Å²) >= 11 is 3.48. The highest BCUT2D eigenvalue weighted by atomic mass is 79.9. The normalized spacial score (nSPS) is 12.6. The van der Waals surface area contributed by atoms with Crippen molar-refractivity contribution in [1.82, 2.24) is 9.78 Å². The van der Waals surface area contributed by atoms with Crippen molar-refractivity contribution in [3.05, 3.63) is 52.3 Å². The average molecular weight is 323 g/mol. The van der Waals surface area contributed by atoms with Crippen LogP contribution in [0.4, 0.5) is 0 Å². The van der Waals surface area contributed by atoms with Crippen molar-refractivity contribution in [3.8, 4) is 0 Å². The van der Waals surface area contributed by atoms with Crippen LogP contribution in [-0.2, 0) is 19.4 Å². The van der Waals surface area contributed by atoms with Gasteiger partial charge in [0.1, 0.15) is 0 Å². The molecule has 0 saturated carbocycles. The molecule has 4 heteroatoms. The minimum Gasteiger partial charge on any atom is -0.396 e. The van der Waals surface area contributed by atoms with Gasteiger partial charge in [-0.2, -0.15) is 5.10 Å². The molecule has 0 aliphatic heterocycles. The fourth-order valence-corrected chi connectivity index (χ4v) is 2.66. The van der Waals surface area contributed by atoms with Crippen molar-refractivity contribution >= 4 is 15.9 Å². The van der Waals surface area contributed by atoms with Gasteiger partial charge in [-0.3, -0.25) is 4.68 Å². The summed E-state index contributed by atoms with van der Waals surface area (Å²) in [5.74, 6) is 0.240. The SMILES string of the molecule is CCn1cc(CC(CO)Cc2cccc(Br)c2)cn1. The number of hydrogen-bond acceptors (Lipinski definition) is 2. The molecule has 1 atom stereocenters. The van der Waals surface area contributed by atoms with Gasteiger partial charge in [0.15, 0.2) is 0 Å². The highest BCUT2D eigenvalue weighted by molar-refractivity contribution is 9.10. The molecule has 0 aliphatic carbocycles. The second-order valence-electron chi connectivity index (χ2n) is 4.79. The summed E-state index contributed by atoms with van der Waals surface area (Å²) in [6.07, 6.45) is 5.70. The molecule has 0 saturated heterocycles. The molecule has 0 radical (unpaired) electrons. The van der Waals surface area contributed by atoms with E-state index in [0.717, 1.165) is 23.9 Å². The van der Waals surface area contributed by atoms with E-state index in [1.807, 2.05) is 23.0 Å². The zero-order valence-corrected chi connectivity index (χ0v) is 12.7. The Morgan fingerprint density at radius 2 is 2.11 bits per heavy atom. The molecule has 0 fully saturated rings. The zero-order valence-electron chi connectivity index (χ0n) is 11.1. The van der Waals surface area contributed by atoms with E-state index in [-0.39, 0.29) is 12.5 Å². The van der Waals surface area contributed by atoms with E-state index in [1.165, 1.54) is 11.1 Å². The number of aromatic nitrogens is 2. The molecule has 1 aromatic carbocycles. The molecular weight excluding hydrogens is 304 g/mol. The first kappa shape index (κ1) is 14.3. The third kappa shape index (κ3) is 4.18. The van der Waals surface area contributed by atoms with E-state index in [9.17, 15) is 5.11 Å². The lowest BCUT2D eigenvalue weighted by Crippen LogP contribution is -2.12. The van der Waals surface area contributed by atoms with Gasteiger partial charge in [-0.15, -0.1) is 0 Å². The summed E-state index contributed by atoms with van der Waals surface area (Å²) < 4.78 is 3.00. The first-order valence-electron chi connectivity index (χ1n) is 6.58. The number of rotatable bonds is 6. The number of aliphatic hydroxyl groups excluding tert-OH is 1. The Morgan fingerprint density at radius 3 is 2.74 bits per heavy atom.